The molecule has 25 heteroatoms. The number of allylic oxidation sites excluding steroid dienone is 2. The van der Waals surface area contributed by atoms with Crippen molar-refractivity contribution in [1.82, 2.24) is 48.5 Å². The van der Waals surface area contributed by atoms with Crippen LogP contribution < -0.4 is 37.3 Å². The second-order valence-corrected chi connectivity index (χ2v) is 18.2. The molecule has 4 aromatic heterocycles. The van der Waals surface area contributed by atoms with Gasteiger partial charge in [-0.25, -0.2) is 9.97 Å². The highest BCUT2D eigenvalue weighted by Crippen LogP contribution is 2.33. The van der Waals surface area contributed by atoms with E-state index < -0.39 is 17.7 Å². The number of nitrogens with zero attached hydrogens (tertiary/aromatic N) is 10. The molecule has 0 saturated heterocycles. The first-order chi connectivity index (χ1) is 37.2. The van der Waals surface area contributed by atoms with Gasteiger partial charge in [-0.3, -0.25) is 63.3 Å². The molecule has 5 heterocycles. The zero-order chi connectivity index (χ0) is 57.4. The van der Waals surface area contributed by atoms with E-state index in [1.807, 2.05) is 70.5 Å². The van der Waals surface area contributed by atoms with Crippen molar-refractivity contribution in [3.8, 4) is 11.5 Å². The first-order valence-corrected chi connectivity index (χ1v) is 25.3. The summed E-state index contributed by atoms with van der Waals surface area (Å²) in [4.78, 5) is 105. The van der Waals surface area contributed by atoms with Crippen LogP contribution >= 0.6 is 0 Å². The molecule has 0 radical (unpaired) electrons. The van der Waals surface area contributed by atoms with E-state index in [1.165, 1.54) is 19.3 Å². The first kappa shape index (κ1) is 59.7. The van der Waals surface area contributed by atoms with Crippen LogP contribution in [-0.2, 0) is 50.2 Å². The van der Waals surface area contributed by atoms with Crippen molar-refractivity contribution >= 4 is 81.7 Å². The van der Waals surface area contributed by atoms with Gasteiger partial charge in [-0.05, 0) is 88.9 Å². The Morgan fingerprint density at radius 1 is 0.769 bits per heavy atom. The van der Waals surface area contributed by atoms with Gasteiger partial charge in [-0.15, -0.1) is 0 Å². The summed E-state index contributed by atoms with van der Waals surface area (Å²) in [5.41, 5.74) is 20.2. The lowest BCUT2D eigenvalue weighted by Gasteiger charge is -2.19. The van der Waals surface area contributed by atoms with Gasteiger partial charge in [0.25, 0.3) is 23.6 Å². The van der Waals surface area contributed by atoms with Crippen molar-refractivity contribution in [2.45, 2.75) is 100 Å². The fourth-order valence-electron chi connectivity index (χ4n) is 8.26. The van der Waals surface area contributed by atoms with Crippen LogP contribution in [0.3, 0.4) is 0 Å². The maximum Gasteiger partial charge on any atom is 0.276 e. The number of carbonyl (C=O) groups is 8. The third kappa shape index (κ3) is 15.0. The van der Waals surface area contributed by atoms with Gasteiger partial charge in [0.15, 0.2) is 0 Å². The standard InChI is InChI=1S/C45H58N12O6.C7H8N2O3.CH3NO/c1-10-27(4)22-38(58)53(8)16-15-19-63-37-21-28(5)20-32-40(37)55(44(47-32)49-42(60)34-23-29(6)51-56(34)11-2)18-14-13-17-54-39-33(25-31(41(46)59)26-36(39)62-9)48-45(54)50-43(61)35-24-30(7)52-57(35)12-3;8-5(10)3-4-9-6(11)1-2-7(9)12;2-1-3/h13-14,20-21,23-27H,10-12,15-19,22H2,1-9H3,(H2,46,59)(H,47,49,60)(H,48,50,61);1-2H,3-4H2,(H2,8,10);1H,(H2,2,3)/b14-13+;;. The number of amides is 8. The van der Waals surface area contributed by atoms with Gasteiger partial charge < -0.3 is 40.7 Å². The number of imidazole rings is 2. The average molecular weight is 1080 g/mol. The van der Waals surface area contributed by atoms with E-state index in [2.05, 4.69) is 40.4 Å². The van der Waals surface area contributed by atoms with Crippen molar-refractivity contribution in [3.63, 3.8) is 0 Å². The van der Waals surface area contributed by atoms with Gasteiger partial charge in [-0.2, -0.15) is 10.2 Å². The number of aryl methyl sites for hydroxylation is 5. The zero-order valence-electron chi connectivity index (χ0n) is 45.5. The maximum absolute atomic E-state index is 13.8. The molecule has 1 aliphatic rings. The number of hydrogen-bond acceptors (Lipinski definition) is 14. The SMILES string of the molecule is CCC(C)CC(=O)N(C)CCCOc1cc(C)cc2nc(NC(=O)c3cc(C)nn3CC)n(C/C=C/Cn3c(NC(=O)c4cc(C)nn4CC)nc4cc(C(N)=O)cc(OC)c43)c12.NC(=O)CCN1C(=O)C=CC1=O.NC=O. The van der Waals surface area contributed by atoms with Crippen LogP contribution in [0.4, 0.5) is 11.9 Å². The largest absolute Gasteiger partial charge is 0.494 e. The average Bonchev–Trinajstić information content (AvgIpc) is 4.24. The number of aromatic nitrogens is 8. The lowest BCUT2D eigenvalue weighted by atomic mass is 10.0. The third-order valence-corrected chi connectivity index (χ3v) is 12.3. The van der Waals surface area contributed by atoms with E-state index in [0.717, 1.165) is 16.9 Å². The highest BCUT2D eigenvalue weighted by atomic mass is 16.5. The fourth-order valence-corrected chi connectivity index (χ4v) is 8.26. The molecule has 25 nitrogen and oxygen atoms in total. The molecule has 8 N–H and O–H groups in total. The first-order valence-electron chi connectivity index (χ1n) is 25.3. The number of rotatable bonds is 23. The van der Waals surface area contributed by atoms with Gasteiger partial charge in [0.1, 0.15) is 33.9 Å². The van der Waals surface area contributed by atoms with Crippen molar-refractivity contribution < 1.29 is 47.8 Å². The van der Waals surface area contributed by atoms with Crippen LogP contribution in [0.5, 0.6) is 11.5 Å². The van der Waals surface area contributed by atoms with E-state index in [4.69, 9.17) is 35.7 Å². The molecule has 0 spiro atoms. The predicted molar refractivity (Wildman–Crippen MR) is 291 cm³/mol. The summed E-state index contributed by atoms with van der Waals surface area (Å²) in [6.45, 7) is 16.0. The molecule has 8 amide bonds. The van der Waals surface area contributed by atoms with Gasteiger partial charge in [0.05, 0.1) is 36.1 Å². The van der Waals surface area contributed by atoms with Crippen molar-refractivity contribution in [3.05, 3.63) is 94.6 Å². The number of fused-ring (bicyclic) bond motifs is 2. The van der Waals surface area contributed by atoms with E-state index in [9.17, 15) is 33.6 Å². The van der Waals surface area contributed by atoms with Gasteiger partial charge in [0.2, 0.25) is 36.0 Å². The summed E-state index contributed by atoms with van der Waals surface area (Å²) in [5, 5.41) is 14.8. The van der Waals surface area contributed by atoms with Crippen molar-refractivity contribution in [2.24, 2.45) is 23.1 Å². The number of carbonyl (C=O) groups excluding carboxylic acids is 8. The van der Waals surface area contributed by atoms with Gasteiger partial charge in [-0.1, -0.05) is 32.4 Å². The molecule has 0 fully saturated rings. The number of nitrogens with two attached hydrogens (primary N) is 3. The molecule has 6 aromatic rings. The minimum atomic E-state index is -0.652. The molecular weight excluding hydrogens is 1010 g/mol. The third-order valence-electron chi connectivity index (χ3n) is 12.3. The second kappa shape index (κ2) is 27.6. The van der Waals surface area contributed by atoms with Crippen LogP contribution in [0.1, 0.15) is 102 Å². The summed E-state index contributed by atoms with van der Waals surface area (Å²) in [6, 6.07) is 10.4. The minimum absolute atomic E-state index is 0.0131. The number of benzene rings is 2. The van der Waals surface area contributed by atoms with E-state index in [1.54, 1.807) is 43.1 Å². The van der Waals surface area contributed by atoms with Crippen LogP contribution in [0, 0.1) is 26.7 Å². The van der Waals surface area contributed by atoms with E-state index in [0.29, 0.717) is 107 Å². The Balaban J connectivity index is 0.000000648. The number of anilines is 2. The molecular formula is C53H69N15O10. The lowest BCUT2D eigenvalue weighted by Crippen LogP contribution is -2.33. The molecule has 1 atom stereocenters. The Hall–Kier alpha value is -9.16. The molecule has 416 valence electrons. The molecule has 2 aromatic carbocycles. The number of primary amides is 3. The molecule has 0 bridgehead atoms. The summed E-state index contributed by atoms with van der Waals surface area (Å²) in [5.74, 6) is -0.869. The minimum Gasteiger partial charge on any atom is -0.494 e. The number of ether oxygens (including phenoxy) is 2. The van der Waals surface area contributed by atoms with Crippen molar-refractivity contribution in [1.29, 1.82) is 0 Å². The smallest absolute Gasteiger partial charge is 0.276 e. The molecule has 1 aliphatic heterocycles. The van der Waals surface area contributed by atoms with Gasteiger partial charge in [0, 0.05) is 76.9 Å². The number of imide groups is 1. The van der Waals surface area contributed by atoms with E-state index in [-0.39, 0.29) is 67.6 Å². The Morgan fingerprint density at radius 3 is 1.76 bits per heavy atom. The number of nitrogens with one attached hydrogen (secondary N) is 2. The van der Waals surface area contributed by atoms with Crippen LogP contribution in [0.15, 0.2) is 60.7 Å². The highest BCUT2D eigenvalue weighted by Gasteiger charge is 2.25. The summed E-state index contributed by atoms with van der Waals surface area (Å²) >= 11 is 0. The molecule has 78 heavy (non-hydrogen) atoms. The summed E-state index contributed by atoms with van der Waals surface area (Å²) in [7, 11) is 3.30. The molecule has 0 aliphatic carbocycles. The molecule has 7 rings (SSSR count). The predicted octanol–water partition coefficient (Wildman–Crippen LogP) is 4.16. The van der Waals surface area contributed by atoms with Gasteiger partial charge >= 0.3 is 0 Å². The topological polar surface area (TPSA) is 335 Å². The highest BCUT2D eigenvalue weighted by molar-refractivity contribution is 6.13. The maximum atomic E-state index is 13.8. The normalized spacial score (nSPS) is 12.3. The monoisotopic (exact) mass is 1080 g/mol. The quantitative estimate of drug-likeness (QED) is 0.0260. The fraction of sp³-hybridized carbons (Fsp3) is 0.396. The second-order valence-electron chi connectivity index (χ2n) is 18.2. The zero-order valence-corrected chi connectivity index (χ0v) is 45.5. The lowest BCUT2D eigenvalue weighted by molar-refractivity contribution is -0.137. The number of hydrogen-bond donors (Lipinski definition) is 5. The Morgan fingerprint density at radius 2 is 1.28 bits per heavy atom. The number of methoxy groups -OCH3 is 1. The Labute approximate surface area is 450 Å². The van der Waals surface area contributed by atoms with Crippen LogP contribution in [0.25, 0.3) is 22.1 Å². The van der Waals surface area contributed by atoms with E-state index >= 15 is 0 Å². The molecule has 0 saturated carbocycles. The molecule has 1 unspecified atom stereocenters. The van der Waals surface area contributed by atoms with Crippen LogP contribution in [0.2, 0.25) is 0 Å². The van der Waals surface area contributed by atoms with Crippen LogP contribution in [-0.4, -0.2) is 130 Å². The summed E-state index contributed by atoms with van der Waals surface area (Å²) in [6.07, 6.45) is 8.47. The van der Waals surface area contributed by atoms with Crippen molar-refractivity contribution in [2.75, 3.05) is 44.5 Å². The Bertz CT molecular complexity index is 3240. The summed E-state index contributed by atoms with van der Waals surface area (Å²) < 4.78 is 19.1. The Kier molecular flexibility index (Phi) is 21.1.